The molecule has 42 heavy (non-hydrogen) atoms. The minimum atomic E-state index is -0.559. The zero-order valence-corrected chi connectivity index (χ0v) is 25.7. The lowest BCUT2D eigenvalue weighted by Crippen LogP contribution is -2.28. The van der Waals surface area contributed by atoms with Crippen LogP contribution in [0.1, 0.15) is 84.0 Å². The van der Waals surface area contributed by atoms with Crippen molar-refractivity contribution in [3.05, 3.63) is 78.1 Å². The number of aliphatic hydroxyl groups excluding tert-OH is 1. The minimum Gasteiger partial charge on any atom is -0.491 e. The smallest absolute Gasteiger partial charge is 0.407 e. The summed E-state index contributed by atoms with van der Waals surface area (Å²) < 4.78 is 13.6. The van der Waals surface area contributed by atoms with Crippen LogP contribution in [0.2, 0.25) is 0 Å². The molecule has 8 nitrogen and oxygen atoms in total. The van der Waals surface area contributed by atoms with Gasteiger partial charge in [-0.25, -0.2) is 4.79 Å². The Kier molecular flexibility index (Phi) is 12.8. The van der Waals surface area contributed by atoms with E-state index in [4.69, 9.17) is 14.6 Å². The average Bonchev–Trinajstić information content (AvgIpc) is 3.35. The predicted molar refractivity (Wildman–Crippen MR) is 171 cm³/mol. The molecular weight excluding hydrogens is 528 g/mol. The fraction of sp³-hybridized carbons (Fsp3) is 0.441. The first-order chi connectivity index (χ1) is 20.2. The Labute approximate surface area is 250 Å². The van der Waals surface area contributed by atoms with Gasteiger partial charge in [0.05, 0.1) is 17.7 Å². The molecule has 1 amide bonds. The van der Waals surface area contributed by atoms with Crippen LogP contribution in [0.25, 0.3) is 16.5 Å². The lowest BCUT2D eigenvalue weighted by atomic mass is 10.1. The maximum absolute atomic E-state index is 12.1. The van der Waals surface area contributed by atoms with Gasteiger partial charge in [0, 0.05) is 42.4 Å². The molecule has 3 aromatic rings. The first-order valence-corrected chi connectivity index (χ1v) is 14.9. The van der Waals surface area contributed by atoms with E-state index in [0.29, 0.717) is 18.5 Å². The van der Waals surface area contributed by atoms with E-state index in [-0.39, 0.29) is 18.8 Å². The van der Waals surface area contributed by atoms with Crippen LogP contribution in [-0.2, 0) is 11.3 Å². The van der Waals surface area contributed by atoms with Crippen molar-refractivity contribution in [3.8, 4) is 5.75 Å². The van der Waals surface area contributed by atoms with Gasteiger partial charge in [0.25, 0.3) is 0 Å². The number of hydrogen-bond acceptors (Lipinski definition) is 6. The Morgan fingerprint density at radius 2 is 1.90 bits per heavy atom. The highest BCUT2D eigenvalue weighted by Crippen LogP contribution is 2.31. The molecular formula is C34H46N4O4. The van der Waals surface area contributed by atoms with Crippen LogP contribution < -0.4 is 10.1 Å². The number of unbranched alkanes of at least 4 members (excludes halogenated alkanes) is 2. The van der Waals surface area contributed by atoms with Crippen LogP contribution in [-0.4, -0.2) is 45.9 Å². The van der Waals surface area contributed by atoms with Crippen LogP contribution in [0.3, 0.4) is 0 Å². The molecule has 0 radical (unpaired) electrons. The van der Waals surface area contributed by atoms with Gasteiger partial charge < -0.3 is 19.9 Å². The van der Waals surface area contributed by atoms with Gasteiger partial charge >= 0.3 is 6.09 Å². The van der Waals surface area contributed by atoms with E-state index >= 15 is 0 Å². The molecule has 0 spiro atoms. The van der Waals surface area contributed by atoms with Gasteiger partial charge in [-0.05, 0) is 63.5 Å². The number of amides is 1. The zero-order chi connectivity index (χ0) is 30.5. The normalized spacial score (nSPS) is 14.1. The number of aliphatic hydroxyl groups is 1. The molecule has 0 saturated heterocycles. The van der Waals surface area contributed by atoms with Gasteiger partial charge in [-0.2, -0.15) is 5.10 Å². The summed E-state index contributed by atoms with van der Waals surface area (Å²) in [4.78, 5) is 16.4. The quantitative estimate of drug-likeness (QED) is 0.135. The lowest BCUT2D eigenvalue weighted by molar-refractivity contribution is 0.137. The highest BCUT2D eigenvalue weighted by atomic mass is 16.5. The summed E-state index contributed by atoms with van der Waals surface area (Å²) in [7, 11) is 0. The van der Waals surface area contributed by atoms with Crippen molar-refractivity contribution >= 4 is 28.8 Å². The largest absolute Gasteiger partial charge is 0.491 e. The third kappa shape index (κ3) is 9.87. The number of ether oxygens (including phenoxy) is 2. The Balaban J connectivity index is 1.69. The number of allylic oxidation sites excluding steroid dienone is 1. The molecule has 0 aliphatic carbocycles. The van der Waals surface area contributed by atoms with Crippen LogP contribution in [0.5, 0.6) is 5.75 Å². The second kappa shape index (κ2) is 16.5. The van der Waals surface area contributed by atoms with Gasteiger partial charge in [-0.15, -0.1) is 0 Å². The zero-order valence-electron chi connectivity index (χ0n) is 25.7. The van der Waals surface area contributed by atoms with Crippen molar-refractivity contribution in [1.29, 1.82) is 0 Å². The highest BCUT2D eigenvalue weighted by Gasteiger charge is 2.18. The molecule has 0 saturated carbocycles. The summed E-state index contributed by atoms with van der Waals surface area (Å²) in [5.41, 5.74) is 4.15. The number of hydrogen-bond donors (Lipinski definition) is 2. The van der Waals surface area contributed by atoms with E-state index in [9.17, 15) is 9.90 Å². The fourth-order valence-corrected chi connectivity index (χ4v) is 4.44. The van der Waals surface area contributed by atoms with Crippen molar-refractivity contribution in [2.24, 2.45) is 4.99 Å². The molecule has 0 bridgehead atoms. The van der Waals surface area contributed by atoms with Crippen molar-refractivity contribution in [1.82, 2.24) is 15.1 Å². The van der Waals surface area contributed by atoms with Crippen LogP contribution in [0.15, 0.2) is 71.9 Å². The molecule has 8 heteroatoms. The number of rotatable bonds is 16. The Hall–Kier alpha value is -3.91. The van der Waals surface area contributed by atoms with Crippen molar-refractivity contribution in [2.75, 3.05) is 6.54 Å². The highest BCUT2D eigenvalue weighted by molar-refractivity contribution is 6.13. The third-order valence-electron chi connectivity index (χ3n) is 7.16. The Morgan fingerprint density at radius 3 is 2.62 bits per heavy atom. The molecule has 0 aliphatic heterocycles. The molecule has 1 aromatic heterocycles. The van der Waals surface area contributed by atoms with Crippen molar-refractivity contribution in [3.63, 3.8) is 0 Å². The second-order valence-corrected chi connectivity index (χ2v) is 10.9. The SMILES string of the molecule is C=C(/C=N\C=C(/C)C(C)O)c1nn(C(C)CCCCC)c2ccc(OC(C)CCNC(=O)OCc3ccccc3)cc12. The predicted octanol–water partition coefficient (Wildman–Crippen LogP) is 7.63. The molecule has 226 valence electrons. The maximum atomic E-state index is 12.1. The molecule has 3 rings (SSSR count). The number of carbonyl (C=O) groups is 1. The summed E-state index contributed by atoms with van der Waals surface area (Å²) in [6, 6.07) is 15.8. The molecule has 3 atom stereocenters. The number of aliphatic imine (C=N–C) groups is 1. The monoisotopic (exact) mass is 574 g/mol. The van der Waals surface area contributed by atoms with Crippen molar-refractivity contribution in [2.45, 2.75) is 91.6 Å². The Morgan fingerprint density at radius 1 is 1.14 bits per heavy atom. The number of aromatic nitrogens is 2. The fourth-order valence-electron chi connectivity index (χ4n) is 4.44. The first-order valence-electron chi connectivity index (χ1n) is 14.9. The van der Waals surface area contributed by atoms with E-state index in [1.54, 1.807) is 19.3 Å². The number of nitrogens with one attached hydrogen (secondary N) is 1. The van der Waals surface area contributed by atoms with Gasteiger partial charge in [-0.1, -0.05) is 63.1 Å². The molecule has 3 unspecified atom stereocenters. The van der Waals surface area contributed by atoms with E-state index in [0.717, 1.165) is 46.3 Å². The number of fused-ring (bicyclic) bond motifs is 1. The van der Waals surface area contributed by atoms with Gasteiger partial charge in [-0.3, -0.25) is 9.67 Å². The number of nitrogens with zero attached hydrogens (tertiary/aromatic N) is 3. The molecule has 1 heterocycles. The first kappa shape index (κ1) is 32.6. The van der Waals surface area contributed by atoms with E-state index < -0.39 is 12.2 Å². The van der Waals surface area contributed by atoms with Crippen LogP contribution in [0, 0.1) is 0 Å². The van der Waals surface area contributed by atoms with E-state index in [1.807, 2.05) is 62.4 Å². The molecule has 0 aliphatic rings. The summed E-state index contributed by atoms with van der Waals surface area (Å²) in [6.07, 6.45) is 7.35. The van der Waals surface area contributed by atoms with Crippen LogP contribution >= 0.6 is 0 Å². The summed E-state index contributed by atoms with van der Waals surface area (Å²) in [6.45, 7) is 14.8. The summed E-state index contributed by atoms with van der Waals surface area (Å²) in [5, 5.41) is 18.4. The lowest BCUT2D eigenvalue weighted by Gasteiger charge is -2.16. The molecule has 2 N–H and O–H groups in total. The third-order valence-corrected chi connectivity index (χ3v) is 7.16. The summed E-state index contributed by atoms with van der Waals surface area (Å²) in [5.74, 6) is 0.718. The summed E-state index contributed by atoms with van der Waals surface area (Å²) >= 11 is 0. The van der Waals surface area contributed by atoms with E-state index in [2.05, 4.69) is 35.4 Å². The molecule has 0 fully saturated rings. The number of alkyl carbamates (subject to hydrolysis) is 1. The molecule has 2 aromatic carbocycles. The second-order valence-electron chi connectivity index (χ2n) is 10.9. The van der Waals surface area contributed by atoms with E-state index in [1.165, 1.54) is 12.8 Å². The topological polar surface area (TPSA) is 98.0 Å². The van der Waals surface area contributed by atoms with Gasteiger partial charge in [0.15, 0.2) is 0 Å². The average molecular weight is 575 g/mol. The number of carbonyl (C=O) groups excluding carboxylic acids is 1. The van der Waals surface area contributed by atoms with Gasteiger partial charge in [0.2, 0.25) is 0 Å². The van der Waals surface area contributed by atoms with Gasteiger partial charge in [0.1, 0.15) is 18.1 Å². The number of benzene rings is 2. The standard InChI is InChI=1S/C34H46N4O4/c1-7-8-10-13-26(4)38-32-17-16-30(20-31(32)33(37-38)25(3)22-35-21-24(2)28(6)39)42-27(5)18-19-36-34(40)41-23-29-14-11-9-12-15-29/h9,11-12,14-17,20-22,26-28,39H,3,7-8,10,13,18-19,23H2,1-2,4-6H3,(H,36,40)/b24-21+,35-22-. The van der Waals surface area contributed by atoms with Crippen molar-refractivity contribution < 1.29 is 19.4 Å². The van der Waals surface area contributed by atoms with Crippen LogP contribution in [0.4, 0.5) is 4.79 Å². The minimum absolute atomic E-state index is 0.137. The Bertz CT molecular complexity index is 1360. The maximum Gasteiger partial charge on any atom is 0.407 e.